The van der Waals surface area contributed by atoms with Gasteiger partial charge in [0.15, 0.2) is 0 Å². The number of benzene rings is 1. The number of rotatable bonds is 6. The van der Waals surface area contributed by atoms with Crippen molar-refractivity contribution in [2.75, 3.05) is 18.1 Å². The van der Waals surface area contributed by atoms with Crippen LogP contribution in [-0.2, 0) is 6.54 Å². The van der Waals surface area contributed by atoms with Crippen molar-refractivity contribution in [3.63, 3.8) is 0 Å². The highest BCUT2D eigenvalue weighted by Crippen LogP contribution is 2.26. The van der Waals surface area contributed by atoms with E-state index in [1.54, 1.807) is 59.2 Å². The monoisotopic (exact) mass is 412 g/mol. The van der Waals surface area contributed by atoms with E-state index in [9.17, 15) is 14.4 Å². The fourth-order valence-electron chi connectivity index (χ4n) is 2.94. The normalized spacial score (nSPS) is 13.1. The SMILES string of the molecule is CSc1ccc(C(=O)Nc2cnn(CCN3C(=O)c4ccccc4C3=O)c2)s1. The molecule has 7 nitrogen and oxygen atoms in total. The van der Waals surface area contributed by atoms with Gasteiger partial charge in [0.05, 0.1) is 38.6 Å². The molecule has 3 heterocycles. The first-order valence-electron chi connectivity index (χ1n) is 8.49. The molecule has 28 heavy (non-hydrogen) atoms. The zero-order chi connectivity index (χ0) is 19.7. The van der Waals surface area contributed by atoms with Crippen molar-refractivity contribution in [3.05, 3.63) is 64.8 Å². The number of fused-ring (bicyclic) bond motifs is 1. The molecular weight excluding hydrogens is 396 g/mol. The van der Waals surface area contributed by atoms with E-state index in [2.05, 4.69) is 10.4 Å². The maximum Gasteiger partial charge on any atom is 0.265 e. The number of thioether (sulfide) groups is 1. The van der Waals surface area contributed by atoms with Crippen LogP contribution in [0.4, 0.5) is 5.69 Å². The molecule has 0 fully saturated rings. The van der Waals surface area contributed by atoms with Gasteiger partial charge in [0.1, 0.15) is 0 Å². The van der Waals surface area contributed by atoms with Crippen LogP contribution in [0.5, 0.6) is 0 Å². The van der Waals surface area contributed by atoms with E-state index in [1.807, 2.05) is 12.3 Å². The summed E-state index contributed by atoms with van der Waals surface area (Å²) in [5.41, 5.74) is 1.43. The molecule has 0 saturated carbocycles. The third-order valence-electron chi connectivity index (χ3n) is 4.33. The van der Waals surface area contributed by atoms with Crippen molar-refractivity contribution in [2.45, 2.75) is 10.8 Å². The molecule has 0 spiro atoms. The summed E-state index contributed by atoms with van der Waals surface area (Å²) in [6, 6.07) is 10.5. The summed E-state index contributed by atoms with van der Waals surface area (Å²) in [6.45, 7) is 0.556. The van der Waals surface area contributed by atoms with Gasteiger partial charge in [0, 0.05) is 12.7 Å². The highest BCUT2D eigenvalue weighted by Gasteiger charge is 2.34. The van der Waals surface area contributed by atoms with Gasteiger partial charge in [-0.25, -0.2) is 0 Å². The predicted octanol–water partition coefficient (Wildman–Crippen LogP) is 3.22. The minimum atomic E-state index is -0.288. The highest BCUT2D eigenvalue weighted by atomic mass is 32.2. The van der Waals surface area contributed by atoms with Gasteiger partial charge >= 0.3 is 0 Å². The Morgan fingerprint density at radius 3 is 2.46 bits per heavy atom. The summed E-state index contributed by atoms with van der Waals surface area (Å²) in [7, 11) is 0. The van der Waals surface area contributed by atoms with Crippen LogP contribution in [0.15, 0.2) is 53.0 Å². The van der Waals surface area contributed by atoms with E-state index < -0.39 is 0 Å². The third kappa shape index (κ3) is 3.46. The van der Waals surface area contributed by atoms with Crippen molar-refractivity contribution in [2.24, 2.45) is 0 Å². The van der Waals surface area contributed by atoms with Crippen molar-refractivity contribution in [1.82, 2.24) is 14.7 Å². The lowest BCUT2D eigenvalue weighted by atomic mass is 10.1. The fourth-order valence-corrected chi connectivity index (χ4v) is 4.38. The summed E-state index contributed by atoms with van der Waals surface area (Å²) in [5, 5.41) is 7.00. The Morgan fingerprint density at radius 1 is 1.11 bits per heavy atom. The first-order chi connectivity index (χ1) is 13.6. The lowest BCUT2D eigenvalue weighted by Gasteiger charge is -2.13. The number of nitrogens with zero attached hydrogens (tertiary/aromatic N) is 3. The third-order valence-corrected chi connectivity index (χ3v) is 6.50. The zero-order valence-electron chi connectivity index (χ0n) is 14.9. The second-order valence-electron chi connectivity index (χ2n) is 6.08. The van der Waals surface area contributed by atoms with Gasteiger partial charge in [-0.1, -0.05) is 12.1 Å². The molecule has 9 heteroatoms. The van der Waals surface area contributed by atoms with Crippen LogP contribution >= 0.6 is 23.1 Å². The molecule has 2 aromatic heterocycles. The average molecular weight is 412 g/mol. The molecule has 0 aliphatic carbocycles. The predicted molar refractivity (Wildman–Crippen MR) is 108 cm³/mol. The second kappa shape index (κ2) is 7.61. The van der Waals surface area contributed by atoms with E-state index in [0.29, 0.717) is 28.2 Å². The van der Waals surface area contributed by atoms with Gasteiger partial charge < -0.3 is 5.32 Å². The first-order valence-corrected chi connectivity index (χ1v) is 10.5. The van der Waals surface area contributed by atoms with Crippen LogP contribution in [0.1, 0.15) is 30.4 Å². The Labute approximate surface area is 169 Å². The molecule has 0 radical (unpaired) electrons. The molecular formula is C19H16N4O3S2. The number of imide groups is 1. The Morgan fingerprint density at radius 2 is 1.82 bits per heavy atom. The van der Waals surface area contributed by atoms with Crippen molar-refractivity contribution in [3.8, 4) is 0 Å². The van der Waals surface area contributed by atoms with Gasteiger partial charge in [-0.05, 0) is 30.5 Å². The zero-order valence-corrected chi connectivity index (χ0v) is 16.5. The molecule has 0 bridgehead atoms. The Hall–Kier alpha value is -2.91. The molecule has 142 valence electrons. The number of amides is 3. The maximum atomic E-state index is 12.4. The molecule has 1 N–H and O–H groups in total. The number of carbonyl (C=O) groups is 3. The van der Waals surface area contributed by atoms with Crippen molar-refractivity contribution in [1.29, 1.82) is 0 Å². The van der Waals surface area contributed by atoms with Gasteiger partial charge in [0.2, 0.25) is 0 Å². The number of nitrogens with one attached hydrogen (secondary N) is 1. The van der Waals surface area contributed by atoms with Crippen LogP contribution in [-0.4, -0.2) is 45.2 Å². The number of hydrogen-bond acceptors (Lipinski definition) is 6. The number of thiophene rings is 1. The van der Waals surface area contributed by atoms with E-state index in [1.165, 1.54) is 16.2 Å². The summed E-state index contributed by atoms with van der Waals surface area (Å²) in [6.07, 6.45) is 5.19. The Bertz CT molecular complexity index is 1040. The van der Waals surface area contributed by atoms with E-state index >= 15 is 0 Å². The number of anilines is 1. The quantitative estimate of drug-likeness (QED) is 0.496. The molecule has 3 amide bonds. The molecule has 0 saturated heterocycles. The van der Waals surface area contributed by atoms with Crippen molar-refractivity contribution >= 4 is 46.5 Å². The summed E-state index contributed by atoms with van der Waals surface area (Å²) >= 11 is 3.02. The summed E-state index contributed by atoms with van der Waals surface area (Å²) in [5.74, 6) is -0.766. The standard InChI is InChI=1S/C19H16N4O3S2/c1-27-16-7-6-15(28-16)17(24)21-12-10-20-22(11-12)8-9-23-18(25)13-4-2-3-5-14(13)19(23)26/h2-7,10-11H,8-9H2,1H3,(H,21,24). The van der Waals surface area contributed by atoms with E-state index in [0.717, 1.165) is 4.21 Å². The smallest absolute Gasteiger partial charge is 0.265 e. The maximum absolute atomic E-state index is 12.4. The van der Waals surface area contributed by atoms with Gasteiger partial charge in [0.25, 0.3) is 17.7 Å². The average Bonchev–Trinajstić information content (AvgIpc) is 3.41. The molecule has 4 rings (SSSR count). The van der Waals surface area contributed by atoms with Crippen LogP contribution in [0, 0.1) is 0 Å². The van der Waals surface area contributed by atoms with E-state index in [-0.39, 0.29) is 24.3 Å². The highest BCUT2D eigenvalue weighted by molar-refractivity contribution is 8.00. The van der Waals surface area contributed by atoms with E-state index in [4.69, 9.17) is 0 Å². The largest absolute Gasteiger partial charge is 0.319 e. The molecule has 1 aliphatic heterocycles. The fraction of sp³-hybridized carbons (Fsp3) is 0.158. The molecule has 0 unspecified atom stereocenters. The number of aromatic nitrogens is 2. The minimum absolute atomic E-state index is 0.190. The summed E-state index contributed by atoms with van der Waals surface area (Å²) in [4.78, 5) is 38.9. The molecule has 3 aromatic rings. The summed E-state index contributed by atoms with van der Waals surface area (Å²) < 4.78 is 2.67. The number of carbonyl (C=O) groups excluding carboxylic acids is 3. The lowest BCUT2D eigenvalue weighted by Crippen LogP contribution is -2.33. The van der Waals surface area contributed by atoms with Crippen LogP contribution in [0.25, 0.3) is 0 Å². The number of hydrogen-bond donors (Lipinski definition) is 1. The second-order valence-corrected chi connectivity index (χ2v) is 8.27. The first kappa shape index (κ1) is 18.5. The molecule has 0 atom stereocenters. The van der Waals surface area contributed by atoms with Crippen LogP contribution < -0.4 is 5.32 Å². The molecule has 1 aliphatic rings. The van der Waals surface area contributed by atoms with Crippen LogP contribution in [0.3, 0.4) is 0 Å². The Balaban J connectivity index is 1.37. The van der Waals surface area contributed by atoms with Gasteiger partial charge in [-0.3, -0.25) is 24.0 Å². The topological polar surface area (TPSA) is 84.3 Å². The lowest BCUT2D eigenvalue weighted by molar-refractivity contribution is 0.0647. The Kier molecular flexibility index (Phi) is 5.01. The molecule has 1 aromatic carbocycles. The van der Waals surface area contributed by atoms with Gasteiger partial charge in [-0.2, -0.15) is 5.10 Å². The van der Waals surface area contributed by atoms with Crippen LogP contribution in [0.2, 0.25) is 0 Å². The van der Waals surface area contributed by atoms with Crippen molar-refractivity contribution < 1.29 is 14.4 Å². The van der Waals surface area contributed by atoms with Gasteiger partial charge in [-0.15, -0.1) is 23.1 Å². The minimum Gasteiger partial charge on any atom is -0.319 e.